The fourth-order valence-electron chi connectivity index (χ4n) is 3.99. The van der Waals surface area contributed by atoms with Crippen LogP contribution in [0.15, 0.2) is 23.1 Å². The zero-order valence-corrected chi connectivity index (χ0v) is 22.2. The highest BCUT2D eigenvalue weighted by Crippen LogP contribution is 2.28. The van der Waals surface area contributed by atoms with E-state index in [1.165, 1.54) is 29.4 Å². The van der Waals surface area contributed by atoms with Crippen LogP contribution in [-0.2, 0) is 24.3 Å². The highest BCUT2D eigenvalue weighted by Gasteiger charge is 2.29. The number of hydrogen-bond donors (Lipinski definition) is 2. The van der Waals surface area contributed by atoms with Crippen molar-refractivity contribution >= 4 is 45.2 Å². The molecule has 1 aromatic carbocycles. The highest BCUT2D eigenvalue weighted by molar-refractivity contribution is 7.89. The van der Waals surface area contributed by atoms with Crippen molar-refractivity contribution in [3.63, 3.8) is 0 Å². The molecule has 196 valence electrons. The number of rotatable bonds is 8. The second kappa shape index (κ2) is 11.4. The van der Waals surface area contributed by atoms with E-state index in [0.29, 0.717) is 24.3 Å². The average Bonchev–Trinajstić information content (AvgIpc) is 3.14. The van der Waals surface area contributed by atoms with Crippen LogP contribution in [0.5, 0.6) is 0 Å². The molecule has 0 spiro atoms. The van der Waals surface area contributed by atoms with E-state index < -0.39 is 34.0 Å². The molecule has 1 atom stereocenters. The zero-order chi connectivity index (χ0) is 26.6. The molecule has 0 saturated carbocycles. The molecule has 36 heavy (non-hydrogen) atoms. The Balaban J connectivity index is 1.73. The number of sulfonamides is 1. The molecular formula is C24H30ClN3O7S. The zero-order valence-electron chi connectivity index (χ0n) is 20.6. The second-order valence-electron chi connectivity index (χ2n) is 8.49. The molecule has 0 aliphatic carbocycles. The van der Waals surface area contributed by atoms with E-state index in [9.17, 15) is 22.8 Å². The number of anilines is 1. The number of benzene rings is 1. The fourth-order valence-corrected chi connectivity index (χ4v) is 5.69. The topological polar surface area (TPSA) is 135 Å². The molecule has 1 unspecified atom stereocenters. The van der Waals surface area contributed by atoms with Gasteiger partial charge in [0.05, 0.1) is 27.8 Å². The van der Waals surface area contributed by atoms with Crippen molar-refractivity contribution in [2.24, 2.45) is 0 Å². The van der Waals surface area contributed by atoms with Gasteiger partial charge in [0.1, 0.15) is 5.69 Å². The molecule has 1 aromatic heterocycles. The smallest absolute Gasteiger partial charge is 0.355 e. The first kappa shape index (κ1) is 27.7. The van der Waals surface area contributed by atoms with Gasteiger partial charge in [-0.3, -0.25) is 4.79 Å². The van der Waals surface area contributed by atoms with E-state index in [4.69, 9.17) is 21.1 Å². The lowest BCUT2D eigenvalue weighted by Gasteiger charge is -2.26. The third kappa shape index (κ3) is 5.91. The van der Waals surface area contributed by atoms with Crippen molar-refractivity contribution in [3.8, 4) is 0 Å². The maximum absolute atomic E-state index is 13.0. The maximum Gasteiger partial charge on any atom is 0.355 e. The van der Waals surface area contributed by atoms with Crippen LogP contribution in [0.2, 0.25) is 5.02 Å². The van der Waals surface area contributed by atoms with Gasteiger partial charge in [-0.25, -0.2) is 18.0 Å². The van der Waals surface area contributed by atoms with Crippen LogP contribution in [0.4, 0.5) is 5.69 Å². The minimum atomic E-state index is -3.73. The van der Waals surface area contributed by atoms with Crippen molar-refractivity contribution < 1.29 is 32.3 Å². The van der Waals surface area contributed by atoms with Gasteiger partial charge >= 0.3 is 11.9 Å². The largest absolute Gasteiger partial charge is 0.462 e. The number of nitrogens with zero attached hydrogens (tertiary/aromatic N) is 1. The van der Waals surface area contributed by atoms with Gasteiger partial charge in [-0.2, -0.15) is 4.31 Å². The Labute approximate surface area is 215 Å². The van der Waals surface area contributed by atoms with Gasteiger partial charge in [-0.15, -0.1) is 0 Å². The lowest BCUT2D eigenvalue weighted by Crippen LogP contribution is -2.35. The number of hydrogen-bond acceptors (Lipinski definition) is 7. The van der Waals surface area contributed by atoms with E-state index >= 15 is 0 Å². The summed E-state index contributed by atoms with van der Waals surface area (Å²) in [6, 6.07) is 4.08. The van der Waals surface area contributed by atoms with Gasteiger partial charge in [-0.1, -0.05) is 18.0 Å². The number of nitrogens with one attached hydrogen (secondary N) is 2. The Hall–Kier alpha value is -2.89. The number of esters is 2. The van der Waals surface area contributed by atoms with Crippen LogP contribution in [0.1, 0.15) is 65.2 Å². The van der Waals surface area contributed by atoms with Crippen molar-refractivity contribution in [2.45, 2.75) is 58.0 Å². The van der Waals surface area contributed by atoms with Crippen molar-refractivity contribution in [3.05, 3.63) is 45.7 Å². The third-order valence-corrected chi connectivity index (χ3v) is 8.15. The first-order chi connectivity index (χ1) is 17.0. The summed E-state index contributed by atoms with van der Waals surface area (Å²) >= 11 is 6.20. The highest BCUT2D eigenvalue weighted by atomic mass is 35.5. The molecule has 0 radical (unpaired) electrons. The quantitative estimate of drug-likeness (QED) is 0.487. The van der Waals surface area contributed by atoms with Gasteiger partial charge in [0, 0.05) is 18.8 Å². The van der Waals surface area contributed by atoms with Crippen LogP contribution in [0, 0.1) is 13.8 Å². The van der Waals surface area contributed by atoms with E-state index in [-0.39, 0.29) is 33.5 Å². The van der Waals surface area contributed by atoms with E-state index in [0.717, 1.165) is 19.3 Å². The van der Waals surface area contributed by atoms with Crippen molar-refractivity contribution in [1.29, 1.82) is 0 Å². The summed E-state index contributed by atoms with van der Waals surface area (Å²) in [4.78, 5) is 40.5. The number of halogens is 1. The summed E-state index contributed by atoms with van der Waals surface area (Å²) in [5, 5.41) is 2.67. The first-order valence-corrected chi connectivity index (χ1v) is 13.5. The molecule has 2 N–H and O–H groups in total. The number of ether oxygens (including phenoxy) is 2. The minimum absolute atomic E-state index is 0.0118. The van der Waals surface area contributed by atoms with Crippen LogP contribution in [0.25, 0.3) is 0 Å². The molecule has 2 aromatic rings. The minimum Gasteiger partial charge on any atom is -0.462 e. The lowest BCUT2D eigenvalue weighted by molar-refractivity contribution is -0.123. The van der Waals surface area contributed by atoms with Crippen LogP contribution < -0.4 is 5.32 Å². The van der Waals surface area contributed by atoms with Crippen LogP contribution >= 0.6 is 11.6 Å². The fraction of sp³-hybridized carbons (Fsp3) is 0.458. The number of aryl methyl sites for hydroxylation is 1. The molecule has 1 aliphatic heterocycles. The van der Waals surface area contributed by atoms with Crippen molar-refractivity contribution in [2.75, 3.05) is 25.0 Å². The molecular weight excluding hydrogens is 510 g/mol. The normalized spacial score (nSPS) is 15.2. The molecule has 1 amide bonds. The van der Waals surface area contributed by atoms with E-state index in [1.807, 2.05) is 0 Å². The standard InChI is InChI=1S/C24H30ClN3O7S/c1-5-34-23(30)20-14(2)21(26-15(20)3)24(31)35-16(4)22(29)27-19-13-17(9-10-18(19)25)36(32,33)28-11-7-6-8-12-28/h9-10,13,16,26H,5-8,11-12H2,1-4H3,(H,27,29). The second-order valence-corrected chi connectivity index (χ2v) is 10.8. The summed E-state index contributed by atoms with van der Waals surface area (Å²) in [7, 11) is -3.73. The van der Waals surface area contributed by atoms with Crippen LogP contribution in [0.3, 0.4) is 0 Å². The number of aromatic nitrogens is 1. The number of carbonyl (C=O) groups excluding carboxylic acids is 3. The number of carbonyl (C=O) groups is 3. The van der Waals surface area contributed by atoms with Gasteiger partial charge in [0.25, 0.3) is 5.91 Å². The van der Waals surface area contributed by atoms with Crippen LogP contribution in [-0.4, -0.2) is 61.4 Å². The molecule has 2 heterocycles. The summed E-state index contributed by atoms with van der Waals surface area (Å²) in [5.74, 6) is -2.10. The number of amides is 1. The monoisotopic (exact) mass is 539 g/mol. The summed E-state index contributed by atoms with van der Waals surface area (Å²) in [6.07, 6.45) is 1.32. The Bertz CT molecular complexity index is 1270. The summed E-state index contributed by atoms with van der Waals surface area (Å²) in [6.45, 7) is 7.31. The number of H-pyrrole nitrogens is 1. The molecule has 1 aliphatic rings. The maximum atomic E-state index is 13.0. The predicted octanol–water partition coefficient (Wildman–Crippen LogP) is 3.82. The van der Waals surface area contributed by atoms with Crippen molar-refractivity contribution in [1.82, 2.24) is 9.29 Å². The summed E-state index contributed by atoms with van der Waals surface area (Å²) < 4.78 is 37.7. The number of aromatic amines is 1. The Morgan fingerprint density at radius 2 is 1.81 bits per heavy atom. The molecule has 10 nitrogen and oxygen atoms in total. The Kier molecular flexibility index (Phi) is 8.80. The molecule has 12 heteroatoms. The Morgan fingerprint density at radius 3 is 2.44 bits per heavy atom. The van der Waals surface area contributed by atoms with Gasteiger partial charge in [0.2, 0.25) is 10.0 Å². The van der Waals surface area contributed by atoms with E-state index in [2.05, 4.69) is 10.3 Å². The first-order valence-electron chi connectivity index (χ1n) is 11.6. The molecule has 1 saturated heterocycles. The SMILES string of the molecule is CCOC(=O)c1c(C)[nH]c(C(=O)OC(C)C(=O)Nc2cc(S(=O)(=O)N3CCCCC3)ccc2Cl)c1C. The predicted molar refractivity (Wildman–Crippen MR) is 134 cm³/mol. The Morgan fingerprint density at radius 1 is 1.14 bits per heavy atom. The molecule has 1 fully saturated rings. The summed E-state index contributed by atoms with van der Waals surface area (Å²) in [5.41, 5.74) is 1.14. The molecule has 3 rings (SSSR count). The third-order valence-electron chi connectivity index (χ3n) is 5.92. The lowest BCUT2D eigenvalue weighted by atomic mass is 10.1. The molecule has 0 bridgehead atoms. The van der Waals surface area contributed by atoms with E-state index in [1.54, 1.807) is 20.8 Å². The average molecular weight is 540 g/mol. The number of piperidine rings is 1. The van der Waals surface area contributed by atoms with Gasteiger partial charge in [-0.05, 0) is 64.3 Å². The van der Waals surface area contributed by atoms with Gasteiger partial charge < -0.3 is 19.8 Å². The van der Waals surface area contributed by atoms with Gasteiger partial charge in [0.15, 0.2) is 6.10 Å².